The van der Waals surface area contributed by atoms with Crippen LogP contribution in [0.2, 0.25) is 0 Å². The van der Waals surface area contributed by atoms with Gasteiger partial charge in [0.1, 0.15) is 5.75 Å². The van der Waals surface area contributed by atoms with E-state index in [-0.39, 0.29) is 6.04 Å². The average molecular weight is 270 g/mol. The van der Waals surface area contributed by atoms with Crippen LogP contribution in [0, 0.1) is 0 Å². The third kappa shape index (κ3) is 3.59. The Hall–Kier alpha value is -1.84. The first-order valence-electron chi connectivity index (χ1n) is 6.73. The normalized spacial score (nSPS) is 12.4. The van der Waals surface area contributed by atoms with E-state index >= 15 is 0 Å². The second-order valence-corrected chi connectivity index (χ2v) is 5.24. The lowest BCUT2D eigenvalue weighted by molar-refractivity contribution is 0.402. The largest absolute Gasteiger partial charge is 0.497 e. The van der Waals surface area contributed by atoms with Crippen LogP contribution >= 0.6 is 0 Å². The van der Waals surface area contributed by atoms with Gasteiger partial charge in [-0.2, -0.15) is 0 Å². The lowest BCUT2D eigenvalue weighted by Gasteiger charge is -2.16. The number of benzene rings is 2. The molecule has 0 spiro atoms. The minimum Gasteiger partial charge on any atom is -0.497 e. The van der Waals surface area contributed by atoms with Crippen molar-refractivity contribution in [2.45, 2.75) is 12.6 Å². The van der Waals surface area contributed by atoms with E-state index in [1.807, 2.05) is 24.3 Å². The molecule has 0 aliphatic heterocycles. The average Bonchev–Trinajstić information content (AvgIpc) is 2.46. The van der Waals surface area contributed by atoms with Crippen LogP contribution < -0.4 is 10.5 Å². The van der Waals surface area contributed by atoms with Crippen molar-refractivity contribution in [3.63, 3.8) is 0 Å². The highest BCUT2D eigenvalue weighted by Crippen LogP contribution is 2.24. The zero-order chi connectivity index (χ0) is 14.5. The second kappa shape index (κ2) is 6.55. The van der Waals surface area contributed by atoms with Gasteiger partial charge in [0.2, 0.25) is 0 Å². The molecule has 0 radical (unpaired) electrons. The Morgan fingerprint density at radius 1 is 1.05 bits per heavy atom. The van der Waals surface area contributed by atoms with Crippen LogP contribution in [0.25, 0.3) is 0 Å². The fourth-order valence-corrected chi connectivity index (χ4v) is 2.28. The predicted molar refractivity (Wildman–Crippen MR) is 82.9 cm³/mol. The van der Waals surface area contributed by atoms with Crippen molar-refractivity contribution in [3.8, 4) is 5.75 Å². The van der Waals surface area contributed by atoms with Crippen LogP contribution in [0.4, 0.5) is 0 Å². The molecule has 2 N–H and O–H groups in total. The van der Waals surface area contributed by atoms with Crippen molar-refractivity contribution in [2.75, 3.05) is 21.2 Å². The van der Waals surface area contributed by atoms with Gasteiger partial charge in [0.05, 0.1) is 13.2 Å². The summed E-state index contributed by atoms with van der Waals surface area (Å²) in [6, 6.07) is 16.2. The SMILES string of the molecule is COc1cccc(C(N)c2cccc(CN(C)C)c2)c1. The Labute approximate surface area is 121 Å². The molecule has 0 bridgehead atoms. The summed E-state index contributed by atoms with van der Waals surface area (Å²) in [5.74, 6) is 0.836. The van der Waals surface area contributed by atoms with Crippen LogP contribution in [0.3, 0.4) is 0 Å². The molecule has 0 amide bonds. The molecule has 0 fully saturated rings. The Bertz CT molecular complexity index is 566. The molecule has 0 aliphatic rings. The maximum absolute atomic E-state index is 6.37. The highest BCUT2D eigenvalue weighted by molar-refractivity contribution is 5.37. The Kier molecular flexibility index (Phi) is 4.77. The summed E-state index contributed by atoms with van der Waals surface area (Å²) in [5.41, 5.74) is 9.82. The summed E-state index contributed by atoms with van der Waals surface area (Å²) in [6.45, 7) is 0.915. The zero-order valence-corrected chi connectivity index (χ0v) is 12.3. The Morgan fingerprint density at radius 3 is 2.35 bits per heavy atom. The molecule has 1 unspecified atom stereocenters. The fourth-order valence-electron chi connectivity index (χ4n) is 2.28. The first-order valence-corrected chi connectivity index (χ1v) is 6.73. The number of hydrogen-bond donors (Lipinski definition) is 1. The third-order valence-electron chi connectivity index (χ3n) is 3.26. The molecule has 3 nitrogen and oxygen atoms in total. The molecule has 0 saturated heterocycles. The molecule has 2 rings (SSSR count). The smallest absolute Gasteiger partial charge is 0.119 e. The maximum atomic E-state index is 6.37. The number of ether oxygens (including phenoxy) is 1. The van der Waals surface area contributed by atoms with E-state index in [1.165, 1.54) is 5.56 Å². The second-order valence-electron chi connectivity index (χ2n) is 5.24. The number of methoxy groups -OCH3 is 1. The molecular formula is C17H22N2O. The quantitative estimate of drug-likeness (QED) is 0.908. The van der Waals surface area contributed by atoms with Gasteiger partial charge in [0, 0.05) is 6.54 Å². The Morgan fingerprint density at radius 2 is 1.70 bits per heavy atom. The van der Waals surface area contributed by atoms with Crippen molar-refractivity contribution in [2.24, 2.45) is 5.73 Å². The summed E-state index contributed by atoms with van der Waals surface area (Å²) in [4.78, 5) is 2.15. The van der Waals surface area contributed by atoms with Crippen LogP contribution in [0.1, 0.15) is 22.7 Å². The third-order valence-corrected chi connectivity index (χ3v) is 3.26. The van der Waals surface area contributed by atoms with Gasteiger partial charge >= 0.3 is 0 Å². The van der Waals surface area contributed by atoms with E-state index in [2.05, 4.69) is 43.3 Å². The molecular weight excluding hydrogens is 248 g/mol. The topological polar surface area (TPSA) is 38.5 Å². The van der Waals surface area contributed by atoms with Gasteiger partial charge in [-0.3, -0.25) is 0 Å². The van der Waals surface area contributed by atoms with E-state index in [9.17, 15) is 0 Å². The maximum Gasteiger partial charge on any atom is 0.119 e. The summed E-state index contributed by atoms with van der Waals surface area (Å²) in [5, 5.41) is 0. The summed E-state index contributed by atoms with van der Waals surface area (Å²) in [6.07, 6.45) is 0. The van der Waals surface area contributed by atoms with Gasteiger partial charge in [-0.05, 0) is 42.9 Å². The molecule has 0 aliphatic carbocycles. The number of nitrogens with two attached hydrogens (primary N) is 1. The van der Waals surface area contributed by atoms with Crippen molar-refractivity contribution in [3.05, 3.63) is 65.2 Å². The minimum absolute atomic E-state index is 0.132. The first kappa shape index (κ1) is 14.6. The van der Waals surface area contributed by atoms with E-state index in [4.69, 9.17) is 10.5 Å². The van der Waals surface area contributed by atoms with Crippen LogP contribution in [-0.4, -0.2) is 26.1 Å². The lowest BCUT2D eigenvalue weighted by Crippen LogP contribution is -2.14. The van der Waals surface area contributed by atoms with Gasteiger partial charge in [-0.15, -0.1) is 0 Å². The minimum atomic E-state index is -0.132. The van der Waals surface area contributed by atoms with E-state index < -0.39 is 0 Å². The van der Waals surface area contributed by atoms with Crippen LogP contribution in [0.5, 0.6) is 5.75 Å². The van der Waals surface area contributed by atoms with Crippen molar-refractivity contribution in [1.29, 1.82) is 0 Å². The molecule has 0 heterocycles. The van der Waals surface area contributed by atoms with Crippen LogP contribution in [-0.2, 0) is 6.54 Å². The molecule has 0 saturated carbocycles. The van der Waals surface area contributed by atoms with Crippen molar-refractivity contribution < 1.29 is 4.74 Å². The molecule has 3 heteroatoms. The monoisotopic (exact) mass is 270 g/mol. The predicted octanol–water partition coefficient (Wildman–Crippen LogP) is 2.80. The summed E-state index contributed by atoms with van der Waals surface area (Å²) < 4.78 is 5.26. The lowest BCUT2D eigenvalue weighted by atomic mass is 9.97. The number of rotatable bonds is 5. The fraction of sp³-hybridized carbons (Fsp3) is 0.294. The summed E-state index contributed by atoms with van der Waals surface area (Å²) in [7, 11) is 5.80. The van der Waals surface area contributed by atoms with E-state index in [0.717, 1.165) is 23.4 Å². The number of nitrogens with zero attached hydrogens (tertiary/aromatic N) is 1. The Balaban J connectivity index is 2.25. The summed E-state index contributed by atoms with van der Waals surface area (Å²) >= 11 is 0. The zero-order valence-electron chi connectivity index (χ0n) is 12.3. The van der Waals surface area contributed by atoms with Gasteiger partial charge in [-0.25, -0.2) is 0 Å². The van der Waals surface area contributed by atoms with Gasteiger partial charge in [0.15, 0.2) is 0 Å². The van der Waals surface area contributed by atoms with Crippen LogP contribution in [0.15, 0.2) is 48.5 Å². The van der Waals surface area contributed by atoms with Gasteiger partial charge in [0.25, 0.3) is 0 Å². The van der Waals surface area contributed by atoms with Gasteiger partial charge in [-0.1, -0.05) is 36.4 Å². The number of hydrogen-bond acceptors (Lipinski definition) is 3. The van der Waals surface area contributed by atoms with Crippen molar-refractivity contribution in [1.82, 2.24) is 4.90 Å². The molecule has 106 valence electrons. The first-order chi connectivity index (χ1) is 9.60. The molecule has 2 aromatic rings. The standard InChI is InChI=1S/C17H22N2O/c1-19(2)12-13-6-4-7-14(10-13)17(18)15-8-5-9-16(11-15)20-3/h4-11,17H,12,18H2,1-3H3. The molecule has 20 heavy (non-hydrogen) atoms. The van der Waals surface area contributed by atoms with E-state index in [1.54, 1.807) is 7.11 Å². The molecule has 0 aromatic heterocycles. The highest BCUT2D eigenvalue weighted by atomic mass is 16.5. The van der Waals surface area contributed by atoms with E-state index in [0.29, 0.717) is 0 Å². The van der Waals surface area contributed by atoms with Gasteiger partial charge < -0.3 is 15.4 Å². The highest BCUT2D eigenvalue weighted by Gasteiger charge is 2.10. The molecule has 1 atom stereocenters. The van der Waals surface area contributed by atoms with Crippen molar-refractivity contribution >= 4 is 0 Å². The molecule has 2 aromatic carbocycles.